The zero-order valence-corrected chi connectivity index (χ0v) is 11.0. The van der Waals surface area contributed by atoms with Crippen LogP contribution in [0, 0.1) is 0 Å². The molecule has 0 aromatic carbocycles. The van der Waals surface area contributed by atoms with Gasteiger partial charge in [0.25, 0.3) is 0 Å². The van der Waals surface area contributed by atoms with E-state index in [0.717, 1.165) is 17.2 Å². The number of aromatic nitrogens is 2. The molecule has 2 rings (SSSR count). The number of halogens is 1. The van der Waals surface area contributed by atoms with E-state index in [2.05, 4.69) is 13.3 Å². The summed E-state index contributed by atoms with van der Waals surface area (Å²) < 4.78 is 9.71. The summed E-state index contributed by atoms with van der Waals surface area (Å²) in [5, 5.41) is 8.73. The molecule has 2 aromatic rings. The maximum atomic E-state index is 11.1. The molecule has 0 unspecified atom stereocenters. The van der Waals surface area contributed by atoms with Crippen LogP contribution in [0.15, 0.2) is 22.8 Å². The van der Waals surface area contributed by atoms with Crippen molar-refractivity contribution in [3.63, 3.8) is 0 Å². The van der Waals surface area contributed by atoms with Crippen molar-refractivity contribution < 1.29 is 12.3 Å². The van der Waals surface area contributed by atoms with Crippen molar-refractivity contribution in [3.05, 3.63) is 34.2 Å². The first kappa shape index (κ1) is 11.5. The van der Waals surface area contributed by atoms with Gasteiger partial charge in [-0.15, -0.1) is 10.2 Å². The second-order valence-electron chi connectivity index (χ2n) is 2.94. The highest BCUT2D eigenvalue weighted by Gasteiger charge is 2.13. The minimum atomic E-state index is -0.456. The Hall–Kier alpha value is -0.960. The summed E-state index contributed by atoms with van der Waals surface area (Å²) in [4.78, 5) is 11.1. The topological polar surface area (TPSA) is 65.2 Å². The van der Waals surface area contributed by atoms with Crippen LogP contribution in [-0.2, 0) is 15.9 Å². The highest BCUT2D eigenvalue weighted by Crippen LogP contribution is 2.14. The van der Waals surface area contributed by atoms with Crippen molar-refractivity contribution in [3.8, 4) is 0 Å². The monoisotopic (exact) mass is 350 g/mol. The van der Waals surface area contributed by atoms with Crippen LogP contribution in [0.2, 0.25) is 0 Å². The Morgan fingerprint density at radius 1 is 1.50 bits per heavy atom. The maximum Gasteiger partial charge on any atom is 0.378 e. The molecule has 7 heteroatoms. The SMILES string of the molecule is O=C(OI)c1nnc(CCc2ccco2)s1. The van der Waals surface area contributed by atoms with Gasteiger partial charge in [-0.05, 0) is 12.1 Å². The number of furan rings is 1. The van der Waals surface area contributed by atoms with Gasteiger partial charge in [0, 0.05) is 12.8 Å². The van der Waals surface area contributed by atoms with Crippen molar-refractivity contribution in [2.24, 2.45) is 0 Å². The number of hydrogen-bond acceptors (Lipinski definition) is 6. The third-order valence-corrected chi connectivity index (χ3v) is 3.24. The Balaban J connectivity index is 1.95. The van der Waals surface area contributed by atoms with Gasteiger partial charge in [0.1, 0.15) is 10.8 Å². The van der Waals surface area contributed by atoms with Crippen molar-refractivity contribution >= 4 is 40.3 Å². The highest BCUT2D eigenvalue weighted by atomic mass is 127. The number of hydrogen-bond donors (Lipinski definition) is 0. The van der Waals surface area contributed by atoms with Gasteiger partial charge in [-0.2, -0.15) is 0 Å². The van der Waals surface area contributed by atoms with Crippen molar-refractivity contribution in [2.75, 3.05) is 0 Å². The van der Waals surface area contributed by atoms with Gasteiger partial charge in [-0.1, -0.05) is 11.3 Å². The van der Waals surface area contributed by atoms with Crippen LogP contribution in [0.25, 0.3) is 0 Å². The first-order chi connectivity index (χ1) is 7.79. The predicted octanol–water partition coefficient (Wildman–Crippen LogP) is 2.42. The molecule has 0 radical (unpaired) electrons. The van der Waals surface area contributed by atoms with Gasteiger partial charge in [0.2, 0.25) is 5.01 Å². The van der Waals surface area contributed by atoms with E-state index in [1.165, 1.54) is 34.3 Å². The Labute approximate surface area is 110 Å². The van der Waals surface area contributed by atoms with E-state index >= 15 is 0 Å². The highest BCUT2D eigenvalue weighted by molar-refractivity contribution is 14.1. The normalized spacial score (nSPS) is 10.3. The third-order valence-electron chi connectivity index (χ3n) is 1.88. The summed E-state index contributed by atoms with van der Waals surface area (Å²) in [5.41, 5.74) is 0. The Morgan fingerprint density at radius 2 is 2.38 bits per heavy atom. The molecule has 0 aliphatic heterocycles. The Bertz CT molecular complexity index is 469. The number of nitrogens with zero attached hydrogens (tertiary/aromatic N) is 2. The number of carbonyl (C=O) groups excluding carboxylic acids is 1. The van der Waals surface area contributed by atoms with Crippen LogP contribution >= 0.6 is 34.3 Å². The summed E-state index contributed by atoms with van der Waals surface area (Å²) in [7, 11) is 0. The molecule has 0 atom stereocenters. The lowest BCUT2D eigenvalue weighted by atomic mass is 10.2. The van der Waals surface area contributed by atoms with Crippen LogP contribution in [0.4, 0.5) is 0 Å². The van der Waals surface area contributed by atoms with E-state index in [9.17, 15) is 4.79 Å². The lowest BCUT2D eigenvalue weighted by Crippen LogP contribution is -1.95. The molecular formula is C9H7IN2O3S. The van der Waals surface area contributed by atoms with Crippen molar-refractivity contribution in [1.82, 2.24) is 10.2 Å². The molecule has 0 spiro atoms. The molecule has 0 aliphatic rings. The van der Waals surface area contributed by atoms with Crippen LogP contribution in [-0.4, -0.2) is 16.2 Å². The zero-order chi connectivity index (χ0) is 11.4. The summed E-state index contributed by atoms with van der Waals surface area (Å²) in [6.07, 6.45) is 3.09. The van der Waals surface area contributed by atoms with Crippen LogP contribution in [0.3, 0.4) is 0 Å². The fourth-order valence-corrected chi connectivity index (χ4v) is 2.23. The van der Waals surface area contributed by atoms with Crippen LogP contribution in [0.1, 0.15) is 20.6 Å². The molecule has 84 valence electrons. The van der Waals surface area contributed by atoms with E-state index in [0.29, 0.717) is 6.42 Å². The molecular weight excluding hydrogens is 343 g/mol. The second-order valence-corrected chi connectivity index (χ2v) is 4.45. The lowest BCUT2D eigenvalue weighted by molar-refractivity contribution is 0.0799. The van der Waals surface area contributed by atoms with E-state index in [-0.39, 0.29) is 5.01 Å². The van der Waals surface area contributed by atoms with Crippen molar-refractivity contribution in [2.45, 2.75) is 12.8 Å². The average molecular weight is 350 g/mol. The Kier molecular flexibility index (Phi) is 3.88. The smallest absolute Gasteiger partial charge is 0.378 e. The largest absolute Gasteiger partial charge is 0.469 e. The molecule has 0 amide bonds. The molecule has 0 bridgehead atoms. The number of rotatable bonds is 4. The Morgan fingerprint density at radius 3 is 3.06 bits per heavy atom. The third kappa shape index (κ3) is 2.79. The van der Waals surface area contributed by atoms with Crippen LogP contribution in [0.5, 0.6) is 0 Å². The average Bonchev–Trinajstić information content (AvgIpc) is 2.96. The van der Waals surface area contributed by atoms with Gasteiger partial charge in [-0.3, -0.25) is 0 Å². The fraction of sp³-hybridized carbons (Fsp3) is 0.222. The predicted molar refractivity (Wildman–Crippen MR) is 65.5 cm³/mol. The first-order valence-corrected chi connectivity index (χ1v) is 6.17. The number of aryl methyl sites for hydroxylation is 2. The van der Waals surface area contributed by atoms with E-state index < -0.39 is 5.97 Å². The molecule has 5 nitrogen and oxygen atoms in total. The summed E-state index contributed by atoms with van der Waals surface area (Å²) in [6, 6.07) is 3.75. The lowest BCUT2D eigenvalue weighted by Gasteiger charge is -1.91. The minimum Gasteiger partial charge on any atom is -0.469 e. The molecule has 0 N–H and O–H groups in total. The summed E-state index contributed by atoms with van der Waals surface area (Å²) in [5.74, 6) is 0.440. The summed E-state index contributed by atoms with van der Waals surface area (Å²) in [6.45, 7) is 0. The molecule has 2 aromatic heterocycles. The molecule has 0 aliphatic carbocycles. The van der Waals surface area contributed by atoms with E-state index in [1.807, 2.05) is 12.1 Å². The van der Waals surface area contributed by atoms with Crippen molar-refractivity contribution in [1.29, 1.82) is 0 Å². The van der Waals surface area contributed by atoms with E-state index in [4.69, 9.17) is 4.42 Å². The molecule has 0 saturated heterocycles. The summed E-state index contributed by atoms with van der Waals surface area (Å²) >= 11 is 2.77. The first-order valence-electron chi connectivity index (χ1n) is 4.47. The minimum absolute atomic E-state index is 0.281. The molecule has 0 saturated carbocycles. The number of carbonyl (C=O) groups is 1. The van der Waals surface area contributed by atoms with E-state index in [1.54, 1.807) is 6.26 Å². The molecule has 2 heterocycles. The van der Waals surface area contributed by atoms with Crippen LogP contribution < -0.4 is 0 Å². The zero-order valence-electron chi connectivity index (χ0n) is 8.05. The molecule has 0 fully saturated rings. The quantitative estimate of drug-likeness (QED) is 0.793. The second kappa shape index (κ2) is 5.39. The fourth-order valence-electron chi connectivity index (χ4n) is 1.16. The standard InChI is InChI=1S/C9H7IN2O3S/c10-15-9(13)8-12-11-7(16-8)4-3-6-2-1-5-14-6/h1-2,5H,3-4H2. The van der Waals surface area contributed by atoms with Gasteiger partial charge in [-0.25, -0.2) is 4.79 Å². The van der Waals surface area contributed by atoms with Gasteiger partial charge < -0.3 is 7.48 Å². The molecule has 16 heavy (non-hydrogen) atoms. The van der Waals surface area contributed by atoms with Gasteiger partial charge in [0.05, 0.1) is 6.26 Å². The van der Waals surface area contributed by atoms with Gasteiger partial charge >= 0.3 is 5.97 Å². The maximum absolute atomic E-state index is 11.1. The van der Waals surface area contributed by atoms with Gasteiger partial charge in [0.15, 0.2) is 23.0 Å².